The van der Waals surface area contributed by atoms with E-state index < -0.39 is 0 Å². The minimum absolute atomic E-state index is 0.0804. The van der Waals surface area contributed by atoms with Gasteiger partial charge in [0.25, 0.3) is 0 Å². The third-order valence-corrected chi connectivity index (χ3v) is 5.69. The van der Waals surface area contributed by atoms with Gasteiger partial charge >= 0.3 is 0 Å². The highest BCUT2D eigenvalue weighted by Gasteiger charge is 2.22. The van der Waals surface area contributed by atoms with Gasteiger partial charge in [0.1, 0.15) is 5.01 Å². The van der Waals surface area contributed by atoms with Gasteiger partial charge in [0.2, 0.25) is 5.91 Å². The zero-order chi connectivity index (χ0) is 14.7. The SMILES string of the molecule is CC1CNCCC1NC(=O)Cc1csc(-c2cccs2)n1. The van der Waals surface area contributed by atoms with Crippen LogP contribution in [0.3, 0.4) is 0 Å². The van der Waals surface area contributed by atoms with E-state index in [4.69, 9.17) is 0 Å². The van der Waals surface area contributed by atoms with Crippen molar-refractivity contribution in [3.63, 3.8) is 0 Å². The Morgan fingerprint density at radius 2 is 2.43 bits per heavy atom. The molecule has 2 unspecified atom stereocenters. The van der Waals surface area contributed by atoms with Crippen LogP contribution in [0.5, 0.6) is 0 Å². The fourth-order valence-corrected chi connectivity index (χ4v) is 4.19. The number of thiazole rings is 1. The van der Waals surface area contributed by atoms with Gasteiger partial charge in [0.05, 0.1) is 17.0 Å². The summed E-state index contributed by atoms with van der Waals surface area (Å²) in [7, 11) is 0. The average Bonchev–Trinajstić information content (AvgIpc) is 3.12. The summed E-state index contributed by atoms with van der Waals surface area (Å²) in [4.78, 5) is 17.9. The molecule has 0 radical (unpaired) electrons. The second kappa shape index (κ2) is 6.68. The van der Waals surface area contributed by atoms with E-state index in [1.165, 1.54) is 4.88 Å². The van der Waals surface area contributed by atoms with Gasteiger partial charge in [-0.05, 0) is 36.9 Å². The Labute approximate surface area is 132 Å². The number of piperidine rings is 1. The van der Waals surface area contributed by atoms with E-state index in [0.717, 1.165) is 30.2 Å². The number of hydrogen-bond acceptors (Lipinski definition) is 5. The minimum Gasteiger partial charge on any atom is -0.353 e. The molecule has 1 amide bonds. The molecule has 1 aliphatic rings. The molecule has 2 aromatic rings. The van der Waals surface area contributed by atoms with E-state index in [1.54, 1.807) is 22.7 Å². The number of aromatic nitrogens is 1. The fraction of sp³-hybridized carbons (Fsp3) is 0.467. The van der Waals surface area contributed by atoms with Crippen molar-refractivity contribution in [1.82, 2.24) is 15.6 Å². The summed E-state index contributed by atoms with van der Waals surface area (Å²) in [6.45, 7) is 4.13. The highest BCUT2D eigenvalue weighted by molar-refractivity contribution is 7.20. The van der Waals surface area contributed by atoms with Gasteiger partial charge < -0.3 is 10.6 Å². The van der Waals surface area contributed by atoms with E-state index in [1.807, 2.05) is 16.8 Å². The number of rotatable bonds is 4. The lowest BCUT2D eigenvalue weighted by atomic mass is 9.95. The van der Waals surface area contributed by atoms with Crippen molar-refractivity contribution in [2.45, 2.75) is 25.8 Å². The van der Waals surface area contributed by atoms with Crippen LogP contribution in [0.15, 0.2) is 22.9 Å². The van der Waals surface area contributed by atoms with Crippen molar-refractivity contribution < 1.29 is 4.79 Å². The standard InChI is InChI=1S/C15H19N3OS2/c1-10-8-16-5-4-12(10)18-14(19)7-11-9-21-15(17-11)13-3-2-6-20-13/h2-3,6,9-10,12,16H,4-5,7-8H2,1H3,(H,18,19). The van der Waals surface area contributed by atoms with Gasteiger partial charge in [-0.2, -0.15) is 0 Å². The molecule has 1 fully saturated rings. The van der Waals surface area contributed by atoms with Crippen molar-refractivity contribution in [2.24, 2.45) is 5.92 Å². The Morgan fingerprint density at radius 3 is 3.19 bits per heavy atom. The van der Waals surface area contributed by atoms with E-state index in [9.17, 15) is 4.79 Å². The highest BCUT2D eigenvalue weighted by atomic mass is 32.1. The number of carbonyl (C=O) groups excluding carboxylic acids is 1. The van der Waals surface area contributed by atoms with Crippen molar-refractivity contribution >= 4 is 28.6 Å². The fourth-order valence-electron chi connectivity index (χ4n) is 2.55. The number of amides is 1. The van der Waals surface area contributed by atoms with Crippen LogP contribution in [-0.4, -0.2) is 30.0 Å². The maximum Gasteiger partial charge on any atom is 0.226 e. The first-order valence-corrected chi connectivity index (χ1v) is 8.96. The monoisotopic (exact) mass is 321 g/mol. The Bertz CT molecular complexity index is 594. The molecule has 0 aliphatic carbocycles. The summed E-state index contributed by atoms with van der Waals surface area (Å²) in [6, 6.07) is 4.37. The van der Waals surface area contributed by atoms with Crippen LogP contribution in [-0.2, 0) is 11.2 Å². The lowest BCUT2D eigenvalue weighted by Crippen LogP contribution is -2.48. The van der Waals surface area contributed by atoms with Crippen LogP contribution >= 0.6 is 22.7 Å². The molecule has 0 saturated carbocycles. The summed E-state index contributed by atoms with van der Waals surface area (Å²) < 4.78 is 0. The second-order valence-electron chi connectivity index (χ2n) is 5.44. The minimum atomic E-state index is 0.0804. The predicted octanol–water partition coefficient (Wildman–Crippen LogP) is 2.53. The van der Waals surface area contributed by atoms with Gasteiger partial charge in [-0.25, -0.2) is 4.98 Å². The van der Waals surface area contributed by atoms with Crippen LogP contribution in [0, 0.1) is 5.92 Å². The summed E-state index contributed by atoms with van der Waals surface area (Å²) in [6.07, 6.45) is 1.38. The molecule has 2 N–H and O–H groups in total. The largest absolute Gasteiger partial charge is 0.353 e. The number of carbonyl (C=O) groups is 1. The van der Waals surface area contributed by atoms with E-state index in [-0.39, 0.29) is 11.9 Å². The molecule has 1 aliphatic heterocycles. The Morgan fingerprint density at radius 1 is 1.52 bits per heavy atom. The molecular weight excluding hydrogens is 302 g/mol. The number of nitrogens with zero attached hydrogens (tertiary/aromatic N) is 1. The van der Waals surface area contributed by atoms with Gasteiger partial charge in [0.15, 0.2) is 0 Å². The molecule has 0 bridgehead atoms. The normalized spacial score (nSPS) is 22.1. The van der Waals surface area contributed by atoms with Crippen molar-refractivity contribution in [2.75, 3.05) is 13.1 Å². The van der Waals surface area contributed by atoms with Gasteiger partial charge in [0, 0.05) is 11.4 Å². The van der Waals surface area contributed by atoms with Gasteiger partial charge in [-0.15, -0.1) is 22.7 Å². The van der Waals surface area contributed by atoms with Crippen LogP contribution < -0.4 is 10.6 Å². The third-order valence-electron chi connectivity index (χ3n) is 3.76. The molecule has 1 saturated heterocycles. The van der Waals surface area contributed by atoms with Crippen LogP contribution in [0.1, 0.15) is 19.0 Å². The van der Waals surface area contributed by atoms with E-state index in [2.05, 4.69) is 28.6 Å². The second-order valence-corrected chi connectivity index (χ2v) is 7.25. The Balaban J connectivity index is 1.57. The lowest BCUT2D eigenvalue weighted by Gasteiger charge is -2.30. The van der Waals surface area contributed by atoms with Crippen molar-refractivity contribution in [3.8, 4) is 9.88 Å². The van der Waals surface area contributed by atoms with Crippen molar-refractivity contribution in [1.29, 1.82) is 0 Å². The first-order chi connectivity index (χ1) is 10.2. The zero-order valence-corrected chi connectivity index (χ0v) is 13.6. The summed E-state index contributed by atoms with van der Waals surface area (Å²) in [5.41, 5.74) is 0.863. The van der Waals surface area contributed by atoms with Crippen LogP contribution in [0.2, 0.25) is 0 Å². The Kier molecular flexibility index (Phi) is 4.67. The summed E-state index contributed by atoms with van der Waals surface area (Å²) in [5.74, 6) is 0.566. The third kappa shape index (κ3) is 3.70. The lowest BCUT2D eigenvalue weighted by molar-refractivity contribution is -0.121. The summed E-state index contributed by atoms with van der Waals surface area (Å²) >= 11 is 3.28. The molecule has 2 atom stereocenters. The maximum absolute atomic E-state index is 12.2. The van der Waals surface area contributed by atoms with Gasteiger partial charge in [-0.3, -0.25) is 4.79 Å². The van der Waals surface area contributed by atoms with E-state index >= 15 is 0 Å². The number of nitrogens with one attached hydrogen (secondary N) is 2. The number of thiophene rings is 1. The van der Waals surface area contributed by atoms with Crippen molar-refractivity contribution in [3.05, 3.63) is 28.6 Å². The van der Waals surface area contributed by atoms with Gasteiger partial charge in [-0.1, -0.05) is 13.0 Å². The molecule has 3 heterocycles. The maximum atomic E-state index is 12.2. The molecule has 0 spiro atoms. The van der Waals surface area contributed by atoms with Crippen LogP contribution in [0.25, 0.3) is 9.88 Å². The molecule has 4 nitrogen and oxygen atoms in total. The number of hydrogen-bond donors (Lipinski definition) is 2. The molecule has 3 rings (SSSR count). The molecular formula is C15H19N3OS2. The zero-order valence-electron chi connectivity index (χ0n) is 12.0. The summed E-state index contributed by atoms with van der Waals surface area (Å²) in [5, 5.41) is 11.5. The van der Waals surface area contributed by atoms with Crippen LogP contribution in [0.4, 0.5) is 0 Å². The van der Waals surface area contributed by atoms with E-state index in [0.29, 0.717) is 12.3 Å². The molecule has 2 aromatic heterocycles. The highest BCUT2D eigenvalue weighted by Crippen LogP contribution is 2.27. The molecule has 0 aromatic carbocycles. The molecule has 112 valence electrons. The average molecular weight is 321 g/mol. The topological polar surface area (TPSA) is 54.0 Å². The molecule has 21 heavy (non-hydrogen) atoms. The molecule has 6 heteroatoms. The Hall–Kier alpha value is -1.24. The quantitative estimate of drug-likeness (QED) is 0.910. The first-order valence-electron chi connectivity index (χ1n) is 7.21. The predicted molar refractivity (Wildman–Crippen MR) is 87.7 cm³/mol. The first kappa shape index (κ1) is 14.7. The smallest absolute Gasteiger partial charge is 0.226 e.